The molecule has 0 radical (unpaired) electrons. The molecule has 2 rings (SSSR count). The molecule has 1 saturated carbocycles. The molecule has 0 aromatic heterocycles. The van der Waals surface area contributed by atoms with Crippen LogP contribution in [-0.2, 0) is 4.79 Å². The Labute approximate surface area is 148 Å². The van der Waals surface area contributed by atoms with Gasteiger partial charge in [-0.05, 0) is 49.9 Å². The predicted octanol–water partition coefficient (Wildman–Crippen LogP) is 3.33. The lowest BCUT2D eigenvalue weighted by molar-refractivity contribution is -0.118. The van der Waals surface area contributed by atoms with Gasteiger partial charge in [0.2, 0.25) is 5.91 Å². The van der Waals surface area contributed by atoms with Gasteiger partial charge in [-0.2, -0.15) is 0 Å². The van der Waals surface area contributed by atoms with Gasteiger partial charge in [-0.25, -0.2) is 0 Å². The van der Waals surface area contributed by atoms with Crippen molar-refractivity contribution in [3.8, 4) is 0 Å². The van der Waals surface area contributed by atoms with Crippen molar-refractivity contribution in [3.05, 3.63) is 28.8 Å². The molecule has 4 N–H and O–H groups in total. The van der Waals surface area contributed by atoms with Gasteiger partial charge in [-0.3, -0.25) is 9.59 Å². The van der Waals surface area contributed by atoms with E-state index in [1.807, 2.05) is 6.92 Å². The van der Waals surface area contributed by atoms with Crippen LogP contribution in [0.15, 0.2) is 18.2 Å². The second-order valence-electron chi connectivity index (χ2n) is 6.54. The fourth-order valence-electron chi connectivity index (χ4n) is 3.36. The summed E-state index contributed by atoms with van der Waals surface area (Å²) in [6.45, 7) is 2.88. The number of halogens is 1. The van der Waals surface area contributed by atoms with E-state index in [0.717, 1.165) is 25.7 Å². The molecule has 0 atom stereocenters. The maximum absolute atomic E-state index is 12.5. The summed E-state index contributed by atoms with van der Waals surface area (Å²) in [6, 6.07) is 4.88. The number of amides is 2. The molecule has 1 aromatic rings. The molecule has 1 aromatic carbocycles. The van der Waals surface area contributed by atoms with Gasteiger partial charge in [-0.1, -0.05) is 30.9 Å². The number of nitrogens with one attached hydrogen (secondary N) is 2. The van der Waals surface area contributed by atoms with Crippen molar-refractivity contribution in [2.75, 3.05) is 18.4 Å². The standard InChI is InChI=1S/C18H26ClN3O2/c1-2-21-17(24)14-7-6-13(19)10-15(14)22-16(23)11-18(12-20)8-4-3-5-9-18/h6-7,10H,2-5,8-9,11-12,20H2,1H3,(H,21,24)(H,22,23). The summed E-state index contributed by atoms with van der Waals surface area (Å²) in [5, 5.41) is 6.08. The molecule has 0 saturated heterocycles. The molecule has 2 amide bonds. The Balaban J connectivity index is 2.13. The van der Waals surface area contributed by atoms with Crippen molar-refractivity contribution < 1.29 is 9.59 Å². The maximum atomic E-state index is 12.5. The van der Waals surface area contributed by atoms with Crippen molar-refractivity contribution >= 4 is 29.1 Å². The number of hydrogen-bond acceptors (Lipinski definition) is 3. The first-order valence-corrected chi connectivity index (χ1v) is 8.95. The lowest BCUT2D eigenvalue weighted by Gasteiger charge is -2.35. The molecule has 0 aliphatic heterocycles. The zero-order valence-corrected chi connectivity index (χ0v) is 14.9. The SMILES string of the molecule is CCNC(=O)c1ccc(Cl)cc1NC(=O)CC1(CN)CCCCC1. The molecular weight excluding hydrogens is 326 g/mol. The largest absolute Gasteiger partial charge is 0.352 e. The van der Waals surface area contributed by atoms with E-state index in [1.165, 1.54) is 6.42 Å². The molecular formula is C18H26ClN3O2. The van der Waals surface area contributed by atoms with E-state index in [9.17, 15) is 9.59 Å². The van der Waals surface area contributed by atoms with E-state index < -0.39 is 0 Å². The van der Waals surface area contributed by atoms with Crippen LogP contribution in [0, 0.1) is 5.41 Å². The lowest BCUT2D eigenvalue weighted by Crippen LogP contribution is -2.36. The van der Waals surface area contributed by atoms with Crippen molar-refractivity contribution in [2.45, 2.75) is 45.4 Å². The van der Waals surface area contributed by atoms with Crippen LogP contribution in [0.2, 0.25) is 5.02 Å². The normalized spacial score (nSPS) is 16.5. The number of carbonyl (C=O) groups is 2. The van der Waals surface area contributed by atoms with Gasteiger partial charge in [0.1, 0.15) is 0 Å². The summed E-state index contributed by atoms with van der Waals surface area (Å²) in [4.78, 5) is 24.7. The van der Waals surface area contributed by atoms with Gasteiger partial charge in [0.25, 0.3) is 5.91 Å². The second-order valence-corrected chi connectivity index (χ2v) is 6.98. The van der Waals surface area contributed by atoms with Crippen LogP contribution < -0.4 is 16.4 Å². The van der Waals surface area contributed by atoms with E-state index in [-0.39, 0.29) is 17.2 Å². The third-order valence-corrected chi connectivity index (χ3v) is 4.96. The van der Waals surface area contributed by atoms with Gasteiger partial charge in [-0.15, -0.1) is 0 Å². The van der Waals surface area contributed by atoms with E-state index in [1.54, 1.807) is 18.2 Å². The highest BCUT2D eigenvalue weighted by atomic mass is 35.5. The first-order chi connectivity index (χ1) is 11.5. The smallest absolute Gasteiger partial charge is 0.253 e. The van der Waals surface area contributed by atoms with Crippen molar-refractivity contribution in [1.29, 1.82) is 0 Å². The molecule has 0 spiro atoms. The number of anilines is 1. The third-order valence-electron chi connectivity index (χ3n) is 4.72. The van der Waals surface area contributed by atoms with E-state index >= 15 is 0 Å². The third kappa shape index (κ3) is 4.71. The average Bonchev–Trinajstić information content (AvgIpc) is 2.56. The Morgan fingerprint density at radius 3 is 2.58 bits per heavy atom. The zero-order chi connectivity index (χ0) is 17.6. The average molecular weight is 352 g/mol. The second kappa shape index (κ2) is 8.49. The Hall–Kier alpha value is -1.59. The minimum atomic E-state index is -0.226. The number of carbonyl (C=O) groups excluding carboxylic acids is 2. The molecule has 24 heavy (non-hydrogen) atoms. The topological polar surface area (TPSA) is 84.2 Å². The first-order valence-electron chi connectivity index (χ1n) is 8.57. The Morgan fingerprint density at radius 2 is 1.96 bits per heavy atom. The Kier molecular flexibility index (Phi) is 6.63. The first kappa shape index (κ1) is 18.7. The zero-order valence-electron chi connectivity index (χ0n) is 14.2. The molecule has 5 nitrogen and oxygen atoms in total. The van der Waals surface area contributed by atoms with Gasteiger partial charge >= 0.3 is 0 Å². The van der Waals surface area contributed by atoms with Crippen LogP contribution in [0.5, 0.6) is 0 Å². The van der Waals surface area contributed by atoms with Gasteiger partial charge < -0.3 is 16.4 Å². The van der Waals surface area contributed by atoms with Crippen LogP contribution in [0.25, 0.3) is 0 Å². The van der Waals surface area contributed by atoms with Crippen LogP contribution in [0.3, 0.4) is 0 Å². The summed E-state index contributed by atoms with van der Waals surface area (Å²) >= 11 is 6.03. The molecule has 0 unspecified atom stereocenters. The molecule has 1 fully saturated rings. The fraction of sp³-hybridized carbons (Fsp3) is 0.556. The number of rotatable bonds is 6. The van der Waals surface area contributed by atoms with Gasteiger partial charge in [0.15, 0.2) is 0 Å². The van der Waals surface area contributed by atoms with Gasteiger partial charge in [0, 0.05) is 18.0 Å². The molecule has 1 aliphatic carbocycles. The maximum Gasteiger partial charge on any atom is 0.253 e. The predicted molar refractivity (Wildman–Crippen MR) is 97.3 cm³/mol. The molecule has 6 heteroatoms. The fourth-order valence-corrected chi connectivity index (χ4v) is 3.54. The summed E-state index contributed by atoms with van der Waals surface area (Å²) in [7, 11) is 0. The highest BCUT2D eigenvalue weighted by Crippen LogP contribution is 2.38. The minimum absolute atomic E-state index is 0.116. The van der Waals surface area contributed by atoms with Crippen LogP contribution in [0.1, 0.15) is 55.8 Å². The molecule has 1 aliphatic rings. The summed E-state index contributed by atoms with van der Waals surface area (Å²) < 4.78 is 0. The molecule has 0 heterocycles. The van der Waals surface area contributed by atoms with Crippen LogP contribution in [0.4, 0.5) is 5.69 Å². The highest BCUT2D eigenvalue weighted by Gasteiger charge is 2.33. The van der Waals surface area contributed by atoms with E-state index in [0.29, 0.717) is 35.8 Å². The minimum Gasteiger partial charge on any atom is -0.352 e. The van der Waals surface area contributed by atoms with Crippen LogP contribution >= 0.6 is 11.6 Å². The van der Waals surface area contributed by atoms with Crippen molar-refractivity contribution in [1.82, 2.24) is 5.32 Å². The van der Waals surface area contributed by atoms with Crippen molar-refractivity contribution in [3.63, 3.8) is 0 Å². The van der Waals surface area contributed by atoms with E-state index in [2.05, 4.69) is 10.6 Å². The number of benzene rings is 1. The Bertz CT molecular complexity index is 598. The molecule has 0 bridgehead atoms. The highest BCUT2D eigenvalue weighted by molar-refractivity contribution is 6.31. The monoisotopic (exact) mass is 351 g/mol. The number of nitrogens with two attached hydrogens (primary N) is 1. The summed E-state index contributed by atoms with van der Waals surface area (Å²) in [5.41, 5.74) is 6.70. The van der Waals surface area contributed by atoms with E-state index in [4.69, 9.17) is 17.3 Å². The quantitative estimate of drug-likeness (QED) is 0.735. The lowest BCUT2D eigenvalue weighted by atomic mass is 9.71. The van der Waals surface area contributed by atoms with Crippen LogP contribution in [-0.4, -0.2) is 24.9 Å². The Morgan fingerprint density at radius 1 is 1.25 bits per heavy atom. The molecule has 132 valence electrons. The van der Waals surface area contributed by atoms with Crippen molar-refractivity contribution in [2.24, 2.45) is 11.1 Å². The number of hydrogen-bond donors (Lipinski definition) is 3. The van der Waals surface area contributed by atoms with Gasteiger partial charge in [0.05, 0.1) is 11.3 Å². The summed E-state index contributed by atoms with van der Waals surface area (Å²) in [6.07, 6.45) is 5.78. The summed E-state index contributed by atoms with van der Waals surface area (Å²) in [5.74, 6) is -0.342.